The largest absolute Gasteiger partial charge is 0.465 e. The third kappa shape index (κ3) is 4.60. The molecule has 1 aromatic heterocycles. The standard InChI is InChI=1S/C17H24N2O6S/c1-9-6-19(7-10(2)25-9)8-12(20)18-15-13(16(21)23-4)11(3)14(26-15)17(22)24-5/h9-10H,6-8H2,1-5H3,(H,18,20)/t9-,10+. The summed E-state index contributed by atoms with van der Waals surface area (Å²) in [6, 6.07) is 0. The topological polar surface area (TPSA) is 94.2 Å². The second-order valence-corrected chi connectivity index (χ2v) is 7.26. The van der Waals surface area contributed by atoms with Crippen molar-refractivity contribution in [1.82, 2.24) is 4.90 Å². The van der Waals surface area contributed by atoms with Crippen molar-refractivity contribution in [1.29, 1.82) is 0 Å². The van der Waals surface area contributed by atoms with Crippen molar-refractivity contribution in [2.75, 3.05) is 39.2 Å². The van der Waals surface area contributed by atoms with Crippen molar-refractivity contribution in [3.8, 4) is 0 Å². The summed E-state index contributed by atoms with van der Waals surface area (Å²) >= 11 is 1.00. The SMILES string of the molecule is COC(=O)c1sc(NC(=O)CN2C[C@@H](C)O[C@@H](C)C2)c(C(=O)OC)c1C. The van der Waals surface area contributed by atoms with Crippen LogP contribution >= 0.6 is 11.3 Å². The Labute approximate surface area is 156 Å². The predicted octanol–water partition coefficient (Wildman–Crippen LogP) is 1.68. The molecule has 2 heterocycles. The number of carbonyl (C=O) groups is 3. The molecule has 26 heavy (non-hydrogen) atoms. The van der Waals surface area contributed by atoms with Crippen molar-refractivity contribution in [3.05, 3.63) is 16.0 Å². The highest BCUT2D eigenvalue weighted by atomic mass is 32.1. The summed E-state index contributed by atoms with van der Waals surface area (Å²) in [6.45, 7) is 7.01. The summed E-state index contributed by atoms with van der Waals surface area (Å²) in [6.07, 6.45) is 0.0965. The van der Waals surface area contributed by atoms with Crippen LogP contribution in [-0.2, 0) is 19.0 Å². The lowest BCUT2D eigenvalue weighted by Crippen LogP contribution is -2.48. The third-order valence-corrected chi connectivity index (χ3v) is 5.21. The molecule has 0 radical (unpaired) electrons. The fourth-order valence-corrected chi connectivity index (χ4v) is 4.15. The highest BCUT2D eigenvalue weighted by Gasteiger charge is 2.28. The average molecular weight is 384 g/mol. The molecule has 1 aromatic rings. The summed E-state index contributed by atoms with van der Waals surface area (Å²) in [7, 11) is 2.51. The van der Waals surface area contributed by atoms with E-state index in [1.54, 1.807) is 6.92 Å². The number of nitrogens with one attached hydrogen (secondary N) is 1. The second kappa shape index (κ2) is 8.61. The zero-order valence-corrected chi connectivity index (χ0v) is 16.4. The van der Waals surface area contributed by atoms with Crippen LogP contribution < -0.4 is 5.32 Å². The molecular weight excluding hydrogens is 360 g/mol. The van der Waals surface area contributed by atoms with E-state index >= 15 is 0 Å². The van der Waals surface area contributed by atoms with Crippen LogP contribution in [0.15, 0.2) is 0 Å². The minimum Gasteiger partial charge on any atom is -0.465 e. The van der Waals surface area contributed by atoms with Gasteiger partial charge in [-0.05, 0) is 26.3 Å². The molecule has 144 valence electrons. The van der Waals surface area contributed by atoms with Crippen molar-refractivity contribution in [2.45, 2.75) is 33.0 Å². The van der Waals surface area contributed by atoms with E-state index in [1.165, 1.54) is 14.2 Å². The number of rotatable bonds is 5. The van der Waals surface area contributed by atoms with Crippen LogP contribution in [0.25, 0.3) is 0 Å². The van der Waals surface area contributed by atoms with Gasteiger partial charge in [-0.15, -0.1) is 11.3 Å². The molecule has 2 rings (SSSR count). The van der Waals surface area contributed by atoms with E-state index in [0.29, 0.717) is 18.7 Å². The maximum atomic E-state index is 12.5. The molecule has 1 saturated heterocycles. The molecule has 1 fully saturated rings. The Morgan fingerprint density at radius 2 is 1.73 bits per heavy atom. The fraction of sp³-hybridized carbons (Fsp3) is 0.588. The zero-order chi connectivity index (χ0) is 19.4. The van der Waals surface area contributed by atoms with Gasteiger partial charge >= 0.3 is 11.9 Å². The van der Waals surface area contributed by atoms with E-state index in [0.717, 1.165) is 11.3 Å². The Balaban J connectivity index is 2.18. The molecule has 1 amide bonds. The van der Waals surface area contributed by atoms with Crippen LogP contribution in [0.4, 0.5) is 5.00 Å². The van der Waals surface area contributed by atoms with Gasteiger partial charge in [0.2, 0.25) is 5.91 Å². The molecular formula is C17H24N2O6S. The number of ether oxygens (including phenoxy) is 3. The first-order valence-electron chi connectivity index (χ1n) is 8.24. The van der Waals surface area contributed by atoms with Gasteiger partial charge in [0, 0.05) is 13.1 Å². The predicted molar refractivity (Wildman–Crippen MR) is 96.8 cm³/mol. The molecule has 8 nitrogen and oxygen atoms in total. The van der Waals surface area contributed by atoms with Crippen LogP contribution in [0.3, 0.4) is 0 Å². The van der Waals surface area contributed by atoms with Gasteiger partial charge in [0.05, 0.1) is 38.5 Å². The lowest BCUT2D eigenvalue weighted by Gasteiger charge is -2.34. The molecule has 1 aliphatic heterocycles. The lowest BCUT2D eigenvalue weighted by molar-refractivity contribution is -0.121. The number of esters is 2. The molecule has 0 aromatic carbocycles. The van der Waals surface area contributed by atoms with E-state index in [9.17, 15) is 14.4 Å². The van der Waals surface area contributed by atoms with Gasteiger partial charge in [0.25, 0.3) is 0 Å². The van der Waals surface area contributed by atoms with E-state index in [4.69, 9.17) is 14.2 Å². The molecule has 0 saturated carbocycles. The van der Waals surface area contributed by atoms with E-state index in [-0.39, 0.29) is 40.1 Å². The van der Waals surface area contributed by atoms with Gasteiger partial charge in [-0.2, -0.15) is 0 Å². The summed E-state index contributed by atoms with van der Waals surface area (Å²) in [5.41, 5.74) is 0.604. The minimum atomic E-state index is -0.613. The van der Waals surface area contributed by atoms with Crippen molar-refractivity contribution in [2.24, 2.45) is 0 Å². The molecule has 1 N–H and O–H groups in total. The van der Waals surface area contributed by atoms with Crippen LogP contribution in [0, 0.1) is 6.92 Å². The van der Waals surface area contributed by atoms with Crippen LogP contribution in [0.2, 0.25) is 0 Å². The van der Waals surface area contributed by atoms with Crippen molar-refractivity contribution in [3.63, 3.8) is 0 Å². The van der Waals surface area contributed by atoms with E-state index in [1.807, 2.05) is 18.7 Å². The summed E-state index contributed by atoms with van der Waals surface area (Å²) < 4.78 is 15.2. The molecule has 0 unspecified atom stereocenters. The smallest absolute Gasteiger partial charge is 0.348 e. The monoisotopic (exact) mass is 384 g/mol. The molecule has 0 bridgehead atoms. The third-order valence-electron chi connectivity index (χ3n) is 4.02. The first-order chi connectivity index (χ1) is 12.3. The number of methoxy groups -OCH3 is 2. The van der Waals surface area contributed by atoms with E-state index < -0.39 is 11.9 Å². The Morgan fingerprint density at radius 1 is 1.15 bits per heavy atom. The lowest BCUT2D eigenvalue weighted by atomic mass is 10.1. The first kappa shape index (κ1) is 20.3. The van der Waals surface area contributed by atoms with Crippen molar-refractivity contribution >= 4 is 34.2 Å². The number of thiophene rings is 1. The van der Waals surface area contributed by atoms with Crippen molar-refractivity contribution < 1.29 is 28.6 Å². The Bertz CT molecular complexity index is 692. The number of carbonyl (C=O) groups excluding carboxylic acids is 3. The highest BCUT2D eigenvalue weighted by molar-refractivity contribution is 7.18. The number of amides is 1. The normalized spacial score (nSPS) is 20.5. The van der Waals surface area contributed by atoms with E-state index in [2.05, 4.69) is 5.32 Å². The molecule has 1 aliphatic rings. The fourth-order valence-electron chi connectivity index (χ4n) is 3.02. The molecule has 9 heteroatoms. The van der Waals surface area contributed by atoms with Gasteiger partial charge in [0.15, 0.2) is 0 Å². The average Bonchev–Trinajstić information content (AvgIpc) is 2.88. The van der Waals surface area contributed by atoms with Gasteiger partial charge < -0.3 is 19.5 Å². The Hall–Kier alpha value is -1.97. The zero-order valence-electron chi connectivity index (χ0n) is 15.6. The Morgan fingerprint density at radius 3 is 2.27 bits per heavy atom. The maximum absolute atomic E-state index is 12.5. The highest BCUT2D eigenvalue weighted by Crippen LogP contribution is 2.34. The number of nitrogens with zero attached hydrogens (tertiary/aromatic N) is 1. The van der Waals surface area contributed by atoms with Crippen LogP contribution in [0.1, 0.15) is 39.4 Å². The first-order valence-corrected chi connectivity index (χ1v) is 9.06. The van der Waals surface area contributed by atoms with Gasteiger partial charge in [-0.3, -0.25) is 9.69 Å². The second-order valence-electron chi connectivity index (χ2n) is 6.24. The molecule has 2 atom stereocenters. The molecule has 0 spiro atoms. The van der Waals surface area contributed by atoms with Gasteiger partial charge in [0.1, 0.15) is 9.88 Å². The summed E-state index contributed by atoms with van der Waals surface area (Å²) in [4.78, 5) is 38.7. The quantitative estimate of drug-likeness (QED) is 0.772. The number of hydrogen-bond donors (Lipinski definition) is 1. The summed E-state index contributed by atoms with van der Waals surface area (Å²) in [5, 5.41) is 3.02. The van der Waals surface area contributed by atoms with Gasteiger partial charge in [-0.1, -0.05) is 0 Å². The number of morpholine rings is 1. The van der Waals surface area contributed by atoms with Crippen LogP contribution in [0.5, 0.6) is 0 Å². The number of anilines is 1. The Kier molecular flexibility index (Phi) is 6.74. The maximum Gasteiger partial charge on any atom is 0.348 e. The van der Waals surface area contributed by atoms with Crippen LogP contribution in [-0.4, -0.2) is 68.8 Å². The summed E-state index contributed by atoms with van der Waals surface area (Å²) in [5.74, 6) is -1.44. The minimum absolute atomic E-state index is 0.0482. The van der Waals surface area contributed by atoms with Gasteiger partial charge in [-0.25, -0.2) is 9.59 Å². The number of hydrogen-bond acceptors (Lipinski definition) is 8. The molecule has 0 aliphatic carbocycles.